The van der Waals surface area contributed by atoms with Crippen LogP contribution in [0.5, 0.6) is 0 Å². The van der Waals surface area contributed by atoms with Crippen LogP contribution in [0.4, 0.5) is 11.5 Å². The van der Waals surface area contributed by atoms with Crippen molar-refractivity contribution in [3.05, 3.63) is 45.8 Å². The zero-order valence-electron chi connectivity index (χ0n) is 9.65. The van der Waals surface area contributed by atoms with Crippen LogP contribution in [0.2, 0.25) is 5.15 Å². The highest BCUT2D eigenvalue weighted by atomic mass is 79.9. The molecule has 0 spiro atoms. The Labute approximate surface area is 118 Å². The summed E-state index contributed by atoms with van der Waals surface area (Å²) >= 11 is 9.34. The lowest BCUT2D eigenvalue weighted by Crippen LogP contribution is -2.01. The molecular formula is C12H11BrClN3O. The van der Waals surface area contributed by atoms with Crippen LogP contribution in [0.1, 0.15) is 5.82 Å². The molecular weight excluding hydrogens is 318 g/mol. The summed E-state index contributed by atoms with van der Waals surface area (Å²) in [6.07, 6.45) is 0. The van der Waals surface area contributed by atoms with Crippen molar-refractivity contribution in [1.29, 1.82) is 0 Å². The van der Waals surface area contributed by atoms with Gasteiger partial charge in [-0.1, -0.05) is 33.6 Å². The molecule has 6 heteroatoms. The highest BCUT2D eigenvalue weighted by Gasteiger charge is 2.03. The predicted octanol–water partition coefficient (Wildman–Crippen LogP) is 3.78. The number of rotatable bonds is 4. The van der Waals surface area contributed by atoms with Gasteiger partial charge in [0.05, 0.1) is 0 Å². The number of ether oxygens (including phenoxy) is 1. The van der Waals surface area contributed by atoms with Gasteiger partial charge in [0, 0.05) is 23.3 Å². The molecule has 0 bridgehead atoms. The molecule has 1 heterocycles. The molecule has 0 aliphatic heterocycles. The summed E-state index contributed by atoms with van der Waals surface area (Å²) in [5.74, 6) is 1.18. The van der Waals surface area contributed by atoms with E-state index in [1.54, 1.807) is 13.2 Å². The number of hydrogen-bond donors (Lipinski definition) is 1. The van der Waals surface area contributed by atoms with Gasteiger partial charge < -0.3 is 10.1 Å². The monoisotopic (exact) mass is 327 g/mol. The summed E-state index contributed by atoms with van der Waals surface area (Å²) in [5, 5.41) is 3.55. The van der Waals surface area contributed by atoms with Gasteiger partial charge in [-0.25, -0.2) is 9.97 Å². The van der Waals surface area contributed by atoms with E-state index in [9.17, 15) is 0 Å². The van der Waals surface area contributed by atoms with E-state index in [-0.39, 0.29) is 0 Å². The number of methoxy groups -OCH3 is 1. The fourth-order valence-electron chi connectivity index (χ4n) is 1.44. The van der Waals surface area contributed by atoms with E-state index < -0.39 is 0 Å². The summed E-state index contributed by atoms with van der Waals surface area (Å²) in [6.45, 7) is 0.327. The van der Waals surface area contributed by atoms with Crippen molar-refractivity contribution < 1.29 is 4.74 Å². The molecule has 1 aromatic carbocycles. The fraction of sp³-hybridized carbons (Fsp3) is 0.167. The molecule has 0 atom stereocenters. The summed E-state index contributed by atoms with van der Waals surface area (Å²) < 4.78 is 5.98. The third-order valence-corrected chi connectivity index (χ3v) is 2.80. The van der Waals surface area contributed by atoms with Crippen molar-refractivity contribution in [2.24, 2.45) is 0 Å². The van der Waals surface area contributed by atoms with Crippen molar-refractivity contribution in [3.8, 4) is 0 Å². The largest absolute Gasteiger partial charge is 0.377 e. The number of benzene rings is 1. The van der Waals surface area contributed by atoms with Crippen LogP contribution in [0.25, 0.3) is 0 Å². The Hall–Kier alpha value is -1.17. The molecule has 0 saturated carbocycles. The fourth-order valence-corrected chi connectivity index (χ4v) is 2.04. The normalized spacial score (nSPS) is 10.4. The van der Waals surface area contributed by atoms with Crippen LogP contribution in [0.15, 0.2) is 34.8 Å². The third-order valence-electron chi connectivity index (χ3n) is 2.11. The van der Waals surface area contributed by atoms with Crippen LogP contribution in [-0.4, -0.2) is 17.1 Å². The molecule has 18 heavy (non-hydrogen) atoms. The molecule has 0 saturated heterocycles. The Balaban J connectivity index is 2.23. The van der Waals surface area contributed by atoms with Crippen LogP contribution in [0, 0.1) is 0 Å². The molecule has 0 radical (unpaired) electrons. The van der Waals surface area contributed by atoms with E-state index in [1.165, 1.54) is 0 Å². The first-order chi connectivity index (χ1) is 8.67. The van der Waals surface area contributed by atoms with Gasteiger partial charge in [-0.3, -0.25) is 0 Å². The zero-order chi connectivity index (χ0) is 13.0. The highest BCUT2D eigenvalue weighted by Crippen LogP contribution is 2.20. The van der Waals surface area contributed by atoms with Gasteiger partial charge in [-0.15, -0.1) is 0 Å². The standard InChI is InChI=1S/C12H11BrClN3O/c1-18-7-12-16-10(14)6-11(17-12)15-9-4-2-3-8(13)5-9/h2-6H,7H2,1H3,(H,15,16,17). The number of nitrogens with zero attached hydrogens (tertiary/aromatic N) is 2. The lowest BCUT2D eigenvalue weighted by Gasteiger charge is -2.08. The van der Waals surface area contributed by atoms with Gasteiger partial charge in [0.15, 0.2) is 5.82 Å². The maximum atomic E-state index is 5.93. The number of anilines is 2. The van der Waals surface area contributed by atoms with Crippen LogP contribution in [0.3, 0.4) is 0 Å². The van der Waals surface area contributed by atoms with E-state index in [1.807, 2.05) is 24.3 Å². The Bertz CT molecular complexity index is 551. The smallest absolute Gasteiger partial charge is 0.158 e. The van der Waals surface area contributed by atoms with Gasteiger partial charge >= 0.3 is 0 Å². The van der Waals surface area contributed by atoms with E-state index >= 15 is 0 Å². The van der Waals surface area contributed by atoms with Crippen molar-refractivity contribution in [2.75, 3.05) is 12.4 Å². The average Bonchev–Trinajstić information content (AvgIpc) is 2.28. The Morgan fingerprint density at radius 3 is 2.89 bits per heavy atom. The molecule has 0 aliphatic carbocycles. The summed E-state index contributed by atoms with van der Waals surface area (Å²) in [5.41, 5.74) is 0.919. The Morgan fingerprint density at radius 2 is 2.17 bits per heavy atom. The van der Waals surface area contributed by atoms with Crippen LogP contribution >= 0.6 is 27.5 Å². The molecule has 0 unspecified atom stereocenters. The molecule has 0 fully saturated rings. The topological polar surface area (TPSA) is 47.0 Å². The van der Waals surface area contributed by atoms with Crippen molar-refractivity contribution in [3.63, 3.8) is 0 Å². The lowest BCUT2D eigenvalue weighted by molar-refractivity contribution is 0.178. The maximum Gasteiger partial charge on any atom is 0.158 e. The summed E-state index contributed by atoms with van der Waals surface area (Å²) in [7, 11) is 1.59. The number of hydrogen-bond acceptors (Lipinski definition) is 4. The molecule has 0 amide bonds. The lowest BCUT2D eigenvalue weighted by atomic mass is 10.3. The van der Waals surface area contributed by atoms with E-state index in [0.717, 1.165) is 10.2 Å². The minimum atomic E-state index is 0.327. The molecule has 2 aromatic rings. The predicted molar refractivity (Wildman–Crippen MR) is 75.2 cm³/mol. The second-order valence-corrected chi connectivity index (χ2v) is 4.86. The molecule has 2 rings (SSSR count). The van der Waals surface area contributed by atoms with E-state index in [4.69, 9.17) is 16.3 Å². The molecule has 4 nitrogen and oxygen atoms in total. The Kier molecular flexibility index (Phi) is 4.52. The Morgan fingerprint density at radius 1 is 1.33 bits per heavy atom. The van der Waals surface area contributed by atoms with Gasteiger partial charge in [-0.2, -0.15) is 0 Å². The second kappa shape index (κ2) is 6.13. The van der Waals surface area contributed by atoms with Gasteiger partial charge in [0.1, 0.15) is 17.6 Å². The first-order valence-electron chi connectivity index (χ1n) is 5.22. The zero-order valence-corrected chi connectivity index (χ0v) is 12.0. The first-order valence-corrected chi connectivity index (χ1v) is 6.39. The molecule has 1 N–H and O–H groups in total. The minimum absolute atomic E-state index is 0.327. The van der Waals surface area contributed by atoms with Gasteiger partial charge in [0.25, 0.3) is 0 Å². The SMILES string of the molecule is COCc1nc(Cl)cc(Nc2cccc(Br)c2)n1. The number of nitrogens with one attached hydrogen (secondary N) is 1. The molecule has 0 aliphatic rings. The van der Waals surface area contributed by atoms with E-state index in [2.05, 4.69) is 31.2 Å². The van der Waals surface area contributed by atoms with Gasteiger partial charge in [0.2, 0.25) is 0 Å². The minimum Gasteiger partial charge on any atom is -0.377 e. The summed E-state index contributed by atoms with van der Waals surface area (Å²) in [4.78, 5) is 8.36. The van der Waals surface area contributed by atoms with Crippen LogP contribution in [-0.2, 0) is 11.3 Å². The van der Waals surface area contributed by atoms with Crippen LogP contribution < -0.4 is 5.32 Å². The van der Waals surface area contributed by atoms with Crippen molar-refractivity contribution in [1.82, 2.24) is 9.97 Å². The highest BCUT2D eigenvalue weighted by molar-refractivity contribution is 9.10. The van der Waals surface area contributed by atoms with Gasteiger partial charge in [-0.05, 0) is 18.2 Å². The third kappa shape index (κ3) is 3.66. The average molecular weight is 329 g/mol. The van der Waals surface area contributed by atoms with Crippen molar-refractivity contribution in [2.45, 2.75) is 6.61 Å². The number of aromatic nitrogens is 2. The first kappa shape index (κ1) is 13.3. The number of halogens is 2. The molecule has 94 valence electrons. The van der Waals surface area contributed by atoms with Crippen molar-refractivity contribution >= 4 is 39.0 Å². The second-order valence-electron chi connectivity index (χ2n) is 3.56. The maximum absolute atomic E-state index is 5.93. The summed E-state index contributed by atoms with van der Waals surface area (Å²) in [6, 6.07) is 9.45. The molecule has 1 aromatic heterocycles. The quantitative estimate of drug-likeness (QED) is 0.868. The van der Waals surface area contributed by atoms with E-state index in [0.29, 0.717) is 23.4 Å².